The van der Waals surface area contributed by atoms with Crippen molar-refractivity contribution >= 4 is 5.91 Å². The first-order chi connectivity index (χ1) is 11.2. The molecule has 3 unspecified atom stereocenters. The quantitative estimate of drug-likeness (QED) is 0.908. The monoisotopic (exact) mass is 312 g/mol. The van der Waals surface area contributed by atoms with Crippen LogP contribution in [0, 0.1) is 17.8 Å². The molecular formula is C20H28N2O. The minimum Gasteiger partial charge on any atom is -0.335 e. The Morgan fingerprint density at radius 2 is 1.70 bits per heavy atom. The Morgan fingerprint density at radius 3 is 2.39 bits per heavy atom. The van der Waals surface area contributed by atoms with Crippen LogP contribution in [0.25, 0.3) is 0 Å². The van der Waals surface area contributed by atoms with E-state index in [-0.39, 0.29) is 5.92 Å². The third-order valence-electron chi connectivity index (χ3n) is 6.48. The maximum atomic E-state index is 13.2. The fourth-order valence-corrected chi connectivity index (χ4v) is 5.28. The summed E-state index contributed by atoms with van der Waals surface area (Å²) < 4.78 is 0. The Labute approximate surface area is 139 Å². The van der Waals surface area contributed by atoms with Gasteiger partial charge < -0.3 is 10.6 Å². The van der Waals surface area contributed by atoms with Crippen molar-refractivity contribution in [1.82, 2.24) is 4.90 Å². The van der Waals surface area contributed by atoms with E-state index in [1.807, 2.05) is 6.07 Å². The van der Waals surface area contributed by atoms with Crippen molar-refractivity contribution in [3.8, 4) is 0 Å². The van der Waals surface area contributed by atoms with E-state index in [9.17, 15) is 4.79 Å². The zero-order chi connectivity index (χ0) is 15.8. The van der Waals surface area contributed by atoms with Gasteiger partial charge in [0.1, 0.15) is 0 Å². The van der Waals surface area contributed by atoms with Crippen molar-refractivity contribution in [2.24, 2.45) is 23.5 Å². The first-order valence-electron chi connectivity index (χ1n) is 9.35. The Bertz CT molecular complexity index is 544. The molecule has 23 heavy (non-hydrogen) atoms. The van der Waals surface area contributed by atoms with Gasteiger partial charge in [0.2, 0.25) is 5.91 Å². The van der Waals surface area contributed by atoms with E-state index in [0.717, 1.165) is 32.2 Å². The van der Waals surface area contributed by atoms with Gasteiger partial charge in [0, 0.05) is 18.5 Å². The Morgan fingerprint density at radius 1 is 1.00 bits per heavy atom. The third-order valence-corrected chi connectivity index (χ3v) is 6.48. The molecule has 0 spiro atoms. The summed E-state index contributed by atoms with van der Waals surface area (Å²) in [7, 11) is 0. The zero-order valence-corrected chi connectivity index (χ0v) is 13.9. The van der Waals surface area contributed by atoms with Gasteiger partial charge in [0.25, 0.3) is 0 Å². The van der Waals surface area contributed by atoms with E-state index < -0.39 is 0 Å². The normalized spacial score (nSPS) is 36.9. The number of benzene rings is 1. The summed E-state index contributed by atoms with van der Waals surface area (Å²) in [6, 6.07) is 11.2. The lowest BCUT2D eigenvalue weighted by Crippen LogP contribution is -2.49. The summed E-state index contributed by atoms with van der Waals surface area (Å²) >= 11 is 0. The minimum absolute atomic E-state index is 0.217. The lowest BCUT2D eigenvalue weighted by Gasteiger charge is -2.44. The predicted octanol–water partition coefficient (Wildman–Crippen LogP) is 3.50. The van der Waals surface area contributed by atoms with Crippen molar-refractivity contribution in [3.05, 3.63) is 35.9 Å². The number of hydrogen-bond acceptors (Lipinski definition) is 2. The van der Waals surface area contributed by atoms with Crippen molar-refractivity contribution in [3.63, 3.8) is 0 Å². The zero-order valence-electron chi connectivity index (χ0n) is 13.9. The second-order valence-electron chi connectivity index (χ2n) is 7.80. The molecule has 1 aromatic rings. The largest absolute Gasteiger partial charge is 0.335 e. The maximum Gasteiger partial charge on any atom is 0.226 e. The minimum atomic E-state index is 0.217. The summed E-state index contributed by atoms with van der Waals surface area (Å²) in [4.78, 5) is 15.4. The first-order valence-corrected chi connectivity index (χ1v) is 9.35. The van der Waals surface area contributed by atoms with Gasteiger partial charge in [-0.05, 0) is 55.9 Å². The molecule has 3 atom stereocenters. The highest BCUT2D eigenvalue weighted by Crippen LogP contribution is 2.44. The Hall–Kier alpha value is -1.35. The van der Waals surface area contributed by atoms with Crippen LogP contribution in [0.4, 0.5) is 0 Å². The van der Waals surface area contributed by atoms with Crippen LogP contribution < -0.4 is 5.73 Å². The molecule has 2 N–H and O–H groups in total. The molecule has 1 saturated heterocycles. The molecule has 2 bridgehead atoms. The number of rotatable bonds is 2. The third kappa shape index (κ3) is 2.80. The van der Waals surface area contributed by atoms with Gasteiger partial charge in [0.15, 0.2) is 0 Å². The summed E-state index contributed by atoms with van der Waals surface area (Å²) in [5.41, 5.74) is 7.69. The lowest BCUT2D eigenvalue weighted by atomic mass is 9.65. The highest BCUT2D eigenvalue weighted by molar-refractivity contribution is 5.80. The molecule has 1 aromatic carbocycles. The SMILES string of the molecule is NC1C2CCCC1CC(C(=O)N1CCCC1c1ccccc1)C2. The molecule has 3 fully saturated rings. The van der Waals surface area contributed by atoms with Gasteiger partial charge in [-0.1, -0.05) is 36.8 Å². The van der Waals surface area contributed by atoms with E-state index in [0.29, 0.717) is 29.8 Å². The van der Waals surface area contributed by atoms with Gasteiger partial charge >= 0.3 is 0 Å². The van der Waals surface area contributed by atoms with Crippen LogP contribution in [0.3, 0.4) is 0 Å². The second-order valence-corrected chi connectivity index (χ2v) is 7.80. The van der Waals surface area contributed by atoms with Gasteiger partial charge in [-0.15, -0.1) is 0 Å². The van der Waals surface area contributed by atoms with Gasteiger partial charge in [-0.25, -0.2) is 0 Å². The van der Waals surface area contributed by atoms with E-state index in [1.165, 1.54) is 24.8 Å². The van der Waals surface area contributed by atoms with Crippen molar-refractivity contribution in [2.75, 3.05) is 6.54 Å². The molecule has 1 amide bonds. The van der Waals surface area contributed by atoms with Crippen LogP contribution >= 0.6 is 0 Å². The summed E-state index contributed by atoms with van der Waals surface area (Å²) in [5, 5.41) is 0. The van der Waals surface area contributed by atoms with E-state index in [1.54, 1.807) is 0 Å². The van der Waals surface area contributed by atoms with Gasteiger partial charge in [-0.2, -0.15) is 0 Å². The van der Waals surface area contributed by atoms with Crippen molar-refractivity contribution in [2.45, 2.75) is 57.0 Å². The van der Waals surface area contributed by atoms with E-state index in [4.69, 9.17) is 5.73 Å². The lowest BCUT2D eigenvalue weighted by molar-refractivity contribution is -0.139. The number of likely N-dealkylation sites (tertiary alicyclic amines) is 1. The second kappa shape index (κ2) is 6.27. The predicted molar refractivity (Wildman–Crippen MR) is 91.7 cm³/mol. The molecule has 1 aliphatic heterocycles. The van der Waals surface area contributed by atoms with Gasteiger partial charge in [0.05, 0.1) is 6.04 Å². The van der Waals surface area contributed by atoms with Crippen LogP contribution in [0.15, 0.2) is 30.3 Å². The molecule has 3 heteroatoms. The van der Waals surface area contributed by atoms with Crippen LogP contribution in [0.5, 0.6) is 0 Å². The Kier molecular flexibility index (Phi) is 4.14. The van der Waals surface area contributed by atoms with E-state index >= 15 is 0 Å². The van der Waals surface area contributed by atoms with Crippen LogP contribution in [0.1, 0.15) is 56.6 Å². The fourth-order valence-electron chi connectivity index (χ4n) is 5.28. The summed E-state index contributed by atoms with van der Waals surface area (Å²) in [5.74, 6) is 1.78. The maximum absolute atomic E-state index is 13.2. The van der Waals surface area contributed by atoms with Crippen molar-refractivity contribution < 1.29 is 4.79 Å². The Balaban J connectivity index is 1.50. The number of amides is 1. The van der Waals surface area contributed by atoms with Crippen molar-refractivity contribution in [1.29, 1.82) is 0 Å². The average molecular weight is 312 g/mol. The molecule has 3 nitrogen and oxygen atoms in total. The number of hydrogen-bond donors (Lipinski definition) is 1. The van der Waals surface area contributed by atoms with Crippen LogP contribution in [-0.4, -0.2) is 23.4 Å². The molecule has 2 aliphatic carbocycles. The number of fused-ring (bicyclic) bond motifs is 2. The smallest absolute Gasteiger partial charge is 0.226 e. The molecular weight excluding hydrogens is 284 g/mol. The molecule has 0 aromatic heterocycles. The standard InChI is InChI=1S/C20H28N2O/c21-19-15-8-4-9-16(19)13-17(12-15)20(23)22-11-5-10-18(22)14-6-2-1-3-7-14/h1-3,6-7,15-19H,4-5,8-13,21H2. The first kappa shape index (κ1) is 15.2. The van der Waals surface area contributed by atoms with Crippen LogP contribution in [-0.2, 0) is 4.79 Å². The summed E-state index contributed by atoms with van der Waals surface area (Å²) in [6.45, 7) is 0.927. The highest BCUT2D eigenvalue weighted by Gasteiger charge is 2.43. The molecule has 1 heterocycles. The molecule has 4 rings (SSSR count). The van der Waals surface area contributed by atoms with E-state index in [2.05, 4.69) is 29.2 Å². The molecule has 124 valence electrons. The number of carbonyl (C=O) groups is 1. The molecule has 3 aliphatic rings. The number of nitrogens with two attached hydrogens (primary N) is 1. The number of nitrogens with zero attached hydrogens (tertiary/aromatic N) is 1. The molecule has 0 radical (unpaired) electrons. The molecule has 2 saturated carbocycles. The van der Waals surface area contributed by atoms with Gasteiger partial charge in [-0.3, -0.25) is 4.79 Å². The van der Waals surface area contributed by atoms with Crippen LogP contribution in [0.2, 0.25) is 0 Å². The number of carbonyl (C=O) groups excluding carboxylic acids is 1. The summed E-state index contributed by atoms with van der Waals surface area (Å²) in [6.07, 6.45) is 8.04. The fraction of sp³-hybridized carbons (Fsp3) is 0.650. The average Bonchev–Trinajstić information content (AvgIpc) is 3.04. The topological polar surface area (TPSA) is 46.3 Å². The highest BCUT2D eigenvalue weighted by atomic mass is 16.2.